The van der Waals surface area contributed by atoms with Crippen LogP contribution in [0.15, 0.2) is 58.3 Å². The normalized spacial score (nSPS) is 10.7. The largest absolute Gasteiger partial charge is 0.478 e. The average molecular weight is 313 g/mol. The molecule has 0 aliphatic carbocycles. The summed E-state index contributed by atoms with van der Waals surface area (Å²) in [6, 6.07) is 14.6. The molecule has 22 heavy (non-hydrogen) atoms. The molecule has 4 nitrogen and oxygen atoms in total. The number of nitrogens with one attached hydrogen (secondary N) is 1. The van der Waals surface area contributed by atoms with Crippen LogP contribution in [0.25, 0.3) is 11.3 Å². The van der Waals surface area contributed by atoms with Gasteiger partial charge in [0.2, 0.25) is 0 Å². The van der Waals surface area contributed by atoms with E-state index in [4.69, 9.17) is 9.52 Å². The van der Waals surface area contributed by atoms with Crippen LogP contribution in [0, 0.1) is 0 Å². The summed E-state index contributed by atoms with van der Waals surface area (Å²) in [6.07, 6.45) is 0. The Balaban J connectivity index is 1.61. The summed E-state index contributed by atoms with van der Waals surface area (Å²) in [5.41, 5.74) is 1.14. The number of thiophene rings is 1. The number of hydrogen-bond acceptors (Lipinski definition) is 4. The van der Waals surface area contributed by atoms with Gasteiger partial charge in [-0.05, 0) is 35.7 Å². The monoisotopic (exact) mass is 313 g/mol. The zero-order valence-electron chi connectivity index (χ0n) is 11.8. The minimum Gasteiger partial charge on any atom is -0.478 e. The molecule has 5 heteroatoms. The maximum absolute atomic E-state index is 10.8. The molecule has 0 atom stereocenters. The predicted octanol–water partition coefficient (Wildman–Crippen LogP) is 4.00. The summed E-state index contributed by atoms with van der Waals surface area (Å²) in [4.78, 5) is 12.1. The lowest BCUT2D eigenvalue weighted by Crippen LogP contribution is -2.10. The van der Waals surface area contributed by atoms with Gasteiger partial charge in [0.05, 0.1) is 12.1 Å². The van der Waals surface area contributed by atoms with Gasteiger partial charge in [-0.3, -0.25) is 0 Å². The van der Waals surface area contributed by atoms with E-state index in [2.05, 4.69) is 16.8 Å². The number of carboxylic acids is 1. The van der Waals surface area contributed by atoms with Gasteiger partial charge in [0.15, 0.2) is 0 Å². The van der Waals surface area contributed by atoms with Gasteiger partial charge < -0.3 is 14.8 Å². The lowest BCUT2D eigenvalue weighted by atomic mass is 10.1. The smallest absolute Gasteiger partial charge is 0.335 e. The number of rotatable bonds is 6. The number of furan rings is 1. The van der Waals surface area contributed by atoms with Gasteiger partial charge in [0.1, 0.15) is 11.5 Å². The highest BCUT2D eigenvalue weighted by molar-refractivity contribution is 7.09. The molecule has 0 fully saturated rings. The van der Waals surface area contributed by atoms with Crippen molar-refractivity contribution >= 4 is 17.3 Å². The maximum atomic E-state index is 10.8. The summed E-state index contributed by atoms with van der Waals surface area (Å²) in [5.74, 6) is 0.670. The van der Waals surface area contributed by atoms with E-state index >= 15 is 0 Å². The van der Waals surface area contributed by atoms with Crippen molar-refractivity contribution in [3.8, 4) is 11.3 Å². The van der Waals surface area contributed by atoms with Crippen LogP contribution in [-0.4, -0.2) is 11.1 Å². The first kappa shape index (κ1) is 14.6. The second-order valence-corrected chi connectivity index (χ2v) is 5.86. The van der Waals surface area contributed by atoms with Crippen LogP contribution in [0.2, 0.25) is 0 Å². The number of benzene rings is 1. The quantitative estimate of drug-likeness (QED) is 0.722. The molecule has 0 saturated carbocycles. The maximum Gasteiger partial charge on any atom is 0.335 e. The molecule has 0 aliphatic rings. The van der Waals surface area contributed by atoms with E-state index in [1.165, 1.54) is 4.88 Å². The summed E-state index contributed by atoms with van der Waals surface area (Å²) in [6.45, 7) is 1.48. The third-order valence-corrected chi connectivity index (χ3v) is 4.13. The molecular formula is C17H15NO3S. The highest BCUT2D eigenvalue weighted by atomic mass is 32.1. The molecule has 0 spiro atoms. The van der Waals surface area contributed by atoms with Gasteiger partial charge in [0, 0.05) is 17.0 Å². The van der Waals surface area contributed by atoms with Crippen molar-refractivity contribution in [1.29, 1.82) is 0 Å². The third-order valence-electron chi connectivity index (χ3n) is 3.26. The molecule has 0 radical (unpaired) electrons. The lowest BCUT2D eigenvalue weighted by Gasteiger charge is -2.01. The summed E-state index contributed by atoms with van der Waals surface area (Å²) in [5, 5.41) is 14.3. The molecule has 0 aliphatic heterocycles. The highest BCUT2D eigenvalue weighted by Gasteiger charge is 2.07. The van der Waals surface area contributed by atoms with Crippen molar-refractivity contribution in [1.82, 2.24) is 5.32 Å². The molecule has 1 aromatic carbocycles. The first-order valence-electron chi connectivity index (χ1n) is 6.88. The van der Waals surface area contributed by atoms with Gasteiger partial charge >= 0.3 is 5.97 Å². The Kier molecular flexibility index (Phi) is 4.37. The Bertz CT molecular complexity index is 745. The molecule has 2 heterocycles. The molecule has 0 bridgehead atoms. The molecular weight excluding hydrogens is 298 g/mol. The minimum absolute atomic E-state index is 0.271. The molecule has 2 aromatic heterocycles. The molecule has 0 unspecified atom stereocenters. The van der Waals surface area contributed by atoms with Crippen LogP contribution in [0.3, 0.4) is 0 Å². The number of hydrogen-bond donors (Lipinski definition) is 2. The zero-order valence-corrected chi connectivity index (χ0v) is 12.6. The van der Waals surface area contributed by atoms with Crippen molar-refractivity contribution in [3.63, 3.8) is 0 Å². The summed E-state index contributed by atoms with van der Waals surface area (Å²) in [7, 11) is 0. The van der Waals surface area contributed by atoms with Gasteiger partial charge in [-0.2, -0.15) is 0 Å². The fraction of sp³-hybridized carbons (Fsp3) is 0.118. The van der Waals surface area contributed by atoms with Crippen molar-refractivity contribution < 1.29 is 14.3 Å². The molecule has 3 aromatic rings. The van der Waals surface area contributed by atoms with Gasteiger partial charge in [-0.1, -0.05) is 18.2 Å². The van der Waals surface area contributed by atoms with Gasteiger partial charge in [-0.25, -0.2) is 4.79 Å². The highest BCUT2D eigenvalue weighted by Crippen LogP contribution is 2.22. The Labute approximate surface area is 132 Å². The third kappa shape index (κ3) is 3.44. The van der Waals surface area contributed by atoms with E-state index in [0.29, 0.717) is 6.54 Å². The molecule has 3 rings (SSSR count). The van der Waals surface area contributed by atoms with Crippen LogP contribution >= 0.6 is 11.3 Å². The summed E-state index contributed by atoms with van der Waals surface area (Å²) < 4.78 is 5.78. The average Bonchev–Trinajstić information content (AvgIpc) is 3.19. The van der Waals surface area contributed by atoms with Crippen LogP contribution in [0.5, 0.6) is 0 Å². The molecule has 0 amide bonds. The number of carboxylic acid groups (broad SMARTS) is 1. The fourth-order valence-electron chi connectivity index (χ4n) is 2.13. The Hall–Kier alpha value is -2.37. The first-order valence-corrected chi connectivity index (χ1v) is 7.76. The van der Waals surface area contributed by atoms with Crippen molar-refractivity contribution in [2.75, 3.05) is 0 Å². The van der Waals surface area contributed by atoms with Crippen molar-refractivity contribution in [2.45, 2.75) is 13.1 Å². The SMILES string of the molecule is O=C(O)c1ccc(-c2ccc(CNCc3cccs3)o2)cc1. The van der Waals surface area contributed by atoms with Crippen molar-refractivity contribution in [3.05, 3.63) is 70.1 Å². The second-order valence-electron chi connectivity index (χ2n) is 4.83. The van der Waals surface area contributed by atoms with Gasteiger partial charge in [0.25, 0.3) is 0 Å². The van der Waals surface area contributed by atoms with Crippen LogP contribution in [0.1, 0.15) is 21.0 Å². The van der Waals surface area contributed by atoms with E-state index in [1.807, 2.05) is 18.2 Å². The Morgan fingerprint density at radius 2 is 1.91 bits per heavy atom. The molecule has 112 valence electrons. The summed E-state index contributed by atoms with van der Waals surface area (Å²) >= 11 is 1.72. The van der Waals surface area contributed by atoms with E-state index < -0.39 is 5.97 Å². The van der Waals surface area contributed by atoms with E-state index in [0.717, 1.165) is 23.6 Å². The van der Waals surface area contributed by atoms with E-state index in [-0.39, 0.29) is 5.56 Å². The second kappa shape index (κ2) is 6.60. The van der Waals surface area contributed by atoms with E-state index in [9.17, 15) is 4.79 Å². The van der Waals surface area contributed by atoms with Gasteiger partial charge in [-0.15, -0.1) is 11.3 Å². The Morgan fingerprint density at radius 3 is 2.59 bits per heavy atom. The Morgan fingerprint density at radius 1 is 1.09 bits per heavy atom. The number of aromatic carboxylic acids is 1. The van der Waals surface area contributed by atoms with E-state index in [1.54, 1.807) is 35.6 Å². The standard InChI is InChI=1S/C17H15NO3S/c19-17(20)13-5-3-12(4-6-13)16-8-7-14(21-16)10-18-11-15-2-1-9-22-15/h1-9,18H,10-11H2,(H,19,20). The first-order chi connectivity index (χ1) is 10.7. The zero-order chi connectivity index (χ0) is 15.4. The van der Waals surface area contributed by atoms with Crippen LogP contribution in [-0.2, 0) is 13.1 Å². The molecule has 0 saturated heterocycles. The van der Waals surface area contributed by atoms with Crippen LogP contribution < -0.4 is 5.32 Å². The minimum atomic E-state index is -0.926. The predicted molar refractivity (Wildman–Crippen MR) is 86.0 cm³/mol. The number of carbonyl (C=O) groups is 1. The lowest BCUT2D eigenvalue weighted by molar-refractivity contribution is 0.0697. The molecule has 2 N–H and O–H groups in total. The van der Waals surface area contributed by atoms with Crippen LogP contribution in [0.4, 0.5) is 0 Å². The fourth-order valence-corrected chi connectivity index (χ4v) is 2.80. The topological polar surface area (TPSA) is 62.5 Å². The van der Waals surface area contributed by atoms with Crippen molar-refractivity contribution in [2.24, 2.45) is 0 Å².